The normalized spacial score (nSPS) is 10.0. The van der Waals surface area contributed by atoms with Gasteiger partial charge < -0.3 is 0 Å². The van der Waals surface area contributed by atoms with Crippen LogP contribution in [0.25, 0.3) is 0 Å². The molecule has 54 valence electrons. The first kappa shape index (κ1) is 8.27. The summed E-state index contributed by atoms with van der Waals surface area (Å²) in [6, 6.07) is 2.03. The molecule has 0 aliphatic carbocycles. The fourth-order valence-electron chi connectivity index (χ4n) is 0.643. The molecule has 1 nitrogen and oxygen atoms in total. The van der Waals surface area contributed by atoms with Gasteiger partial charge in [0.25, 0.3) is 0 Å². The molecule has 0 atom stereocenters. The Morgan fingerprint density at radius 1 is 1.50 bits per heavy atom. The predicted octanol–water partition coefficient (Wildman–Crippen LogP) is 2.96. The second kappa shape index (κ2) is 3.05. The molecular formula is C7H7ClIN. The lowest BCUT2D eigenvalue weighted by molar-refractivity contribution is 1.14. The van der Waals surface area contributed by atoms with Crippen LogP contribution >= 0.6 is 34.2 Å². The highest BCUT2D eigenvalue weighted by molar-refractivity contribution is 14.1. The molecule has 0 radical (unpaired) electrons. The average molecular weight is 267 g/mol. The zero-order valence-electron chi connectivity index (χ0n) is 5.78. The molecular weight excluding hydrogens is 260 g/mol. The van der Waals surface area contributed by atoms with E-state index in [9.17, 15) is 0 Å². The Hall–Kier alpha value is 0.170. The van der Waals surface area contributed by atoms with Crippen LogP contribution in [0.5, 0.6) is 0 Å². The standard InChI is InChI=1S/C7H7ClIN/c1-4-3-6(9)7(8)10-5(4)2/h3H,1-2H3. The number of aryl methyl sites for hydroxylation is 2. The minimum Gasteiger partial charge on any atom is -0.240 e. The highest BCUT2D eigenvalue weighted by atomic mass is 127. The van der Waals surface area contributed by atoms with Gasteiger partial charge in [-0.2, -0.15) is 0 Å². The summed E-state index contributed by atoms with van der Waals surface area (Å²) in [4.78, 5) is 4.13. The SMILES string of the molecule is Cc1cc(I)c(Cl)nc1C. The van der Waals surface area contributed by atoms with Crippen molar-refractivity contribution in [1.82, 2.24) is 4.98 Å². The average Bonchev–Trinajstić information content (AvgIpc) is 1.84. The summed E-state index contributed by atoms with van der Waals surface area (Å²) in [5, 5.41) is 0.601. The fourth-order valence-corrected chi connectivity index (χ4v) is 1.41. The largest absolute Gasteiger partial charge is 0.240 e. The van der Waals surface area contributed by atoms with Crippen molar-refractivity contribution in [2.75, 3.05) is 0 Å². The maximum Gasteiger partial charge on any atom is 0.142 e. The summed E-state index contributed by atoms with van der Waals surface area (Å²) >= 11 is 7.94. The molecule has 1 aromatic heterocycles. The van der Waals surface area contributed by atoms with Gasteiger partial charge in [0, 0.05) is 5.69 Å². The monoisotopic (exact) mass is 267 g/mol. The van der Waals surface area contributed by atoms with Crippen molar-refractivity contribution in [2.24, 2.45) is 0 Å². The van der Waals surface area contributed by atoms with E-state index in [-0.39, 0.29) is 0 Å². The third-order valence-corrected chi connectivity index (χ3v) is 2.81. The lowest BCUT2D eigenvalue weighted by Gasteiger charge is -2.00. The van der Waals surface area contributed by atoms with Gasteiger partial charge in [-0.1, -0.05) is 11.6 Å². The van der Waals surface area contributed by atoms with Gasteiger partial charge in [0.1, 0.15) is 5.15 Å². The van der Waals surface area contributed by atoms with Crippen molar-refractivity contribution >= 4 is 34.2 Å². The number of hydrogen-bond donors (Lipinski definition) is 0. The van der Waals surface area contributed by atoms with Gasteiger partial charge in [-0.15, -0.1) is 0 Å². The van der Waals surface area contributed by atoms with Gasteiger partial charge in [0.2, 0.25) is 0 Å². The molecule has 0 saturated heterocycles. The van der Waals surface area contributed by atoms with Gasteiger partial charge >= 0.3 is 0 Å². The first-order valence-corrected chi connectivity index (χ1v) is 4.36. The Kier molecular flexibility index (Phi) is 2.52. The van der Waals surface area contributed by atoms with Crippen LogP contribution in [-0.4, -0.2) is 4.98 Å². The zero-order valence-corrected chi connectivity index (χ0v) is 8.69. The number of aromatic nitrogens is 1. The Balaban J connectivity index is 3.28. The summed E-state index contributed by atoms with van der Waals surface area (Å²) < 4.78 is 1.02. The molecule has 0 bridgehead atoms. The highest BCUT2D eigenvalue weighted by Gasteiger charge is 2.00. The first-order valence-electron chi connectivity index (χ1n) is 2.90. The molecule has 0 unspecified atom stereocenters. The minimum atomic E-state index is 0.601. The molecule has 0 aromatic carbocycles. The molecule has 1 rings (SSSR count). The van der Waals surface area contributed by atoms with Crippen molar-refractivity contribution in [1.29, 1.82) is 0 Å². The Morgan fingerprint density at radius 3 is 2.60 bits per heavy atom. The zero-order chi connectivity index (χ0) is 7.72. The van der Waals surface area contributed by atoms with E-state index in [0.717, 1.165) is 9.26 Å². The lowest BCUT2D eigenvalue weighted by Crippen LogP contribution is -1.89. The molecule has 0 saturated carbocycles. The van der Waals surface area contributed by atoms with E-state index >= 15 is 0 Å². The van der Waals surface area contributed by atoms with Gasteiger partial charge in [-0.05, 0) is 48.1 Å². The molecule has 1 heterocycles. The third kappa shape index (κ3) is 1.61. The van der Waals surface area contributed by atoms with E-state index in [2.05, 4.69) is 27.6 Å². The number of hydrogen-bond acceptors (Lipinski definition) is 1. The topological polar surface area (TPSA) is 12.9 Å². The quantitative estimate of drug-likeness (QED) is 0.520. The van der Waals surface area contributed by atoms with E-state index < -0.39 is 0 Å². The van der Waals surface area contributed by atoms with Crippen LogP contribution in [0.3, 0.4) is 0 Å². The predicted molar refractivity (Wildman–Crippen MR) is 51.4 cm³/mol. The number of pyridine rings is 1. The molecule has 0 aliphatic rings. The second-order valence-corrected chi connectivity index (χ2v) is 3.68. The van der Waals surface area contributed by atoms with Crippen LogP contribution in [0.1, 0.15) is 11.3 Å². The van der Waals surface area contributed by atoms with Crippen LogP contribution in [0.4, 0.5) is 0 Å². The van der Waals surface area contributed by atoms with Crippen LogP contribution in [-0.2, 0) is 0 Å². The molecule has 0 spiro atoms. The van der Waals surface area contributed by atoms with E-state index in [4.69, 9.17) is 11.6 Å². The van der Waals surface area contributed by atoms with Gasteiger partial charge in [0.05, 0.1) is 3.57 Å². The Morgan fingerprint density at radius 2 is 2.10 bits per heavy atom. The molecule has 0 aliphatic heterocycles. The summed E-state index contributed by atoms with van der Waals surface area (Å²) in [6.07, 6.45) is 0. The molecule has 0 fully saturated rings. The van der Waals surface area contributed by atoms with Crippen LogP contribution in [0, 0.1) is 17.4 Å². The summed E-state index contributed by atoms with van der Waals surface area (Å²) in [5.41, 5.74) is 2.19. The Bertz CT molecular complexity index is 210. The van der Waals surface area contributed by atoms with Crippen LogP contribution < -0.4 is 0 Å². The molecule has 0 amide bonds. The summed E-state index contributed by atoms with van der Waals surface area (Å²) in [5.74, 6) is 0. The van der Waals surface area contributed by atoms with E-state index in [1.54, 1.807) is 0 Å². The molecule has 3 heteroatoms. The smallest absolute Gasteiger partial charge is 0.142 e. The molecule has 1 aromatic rings. The van der Waals surface area contributed by atoms with Crippen LogP contribution in [0.15, 0.2) is 6.07 Å². The minimum absolute atomic E-state index is 0.601. The summed E-state index contributed by atoms with van der Waals surface area (Å²) in [7, 11) is 0. The van der Waals surface area contributed by atoms with Crippen molar-refractivity contribution in [3.05, 3.63) is 26.0 Å². The van der Waals surface area contributed by atoms with E-state index in [1.807, 2.05) is 19.9 Å². The lowest BCUT2D eigenvalue weighted by atomic mass is 10.2. The van der Waals surface area contributed by atoms with Gasteiger partial charge in [0.15, 0.2) is 0 Å². The van der Waals surface area contributed by atoms with E-state index in [0.29, 0.717) is 5.15 Å². The molecule has 0 N–H and O–H groups in total. The van der Waals surface area contributed by atoms with Crippen molar-refractivity contribution in [2.45, 2.75) is 13.8 Å². The van der Waals surface area contributed by atoms with Crippen molar-refractivity contribution in [3.63, 3.8) is 0 Å². The number of rotatable bonds is 0. The van der Waals surface area contributed by atoms with Gasteiger partial charge in [-0.3, -0.25) is 0 Å². The number of nitrogens with zero attached hydrogens (tertiary/aromatic N) is 1. The maximum absolute atomic E-state index is 5.77. The molecule has 10 heavy (non-hydrogen) atoms. The third-order valence-electron chi connectivity index (χ3n) is 1.38. The number of halogens is 2. The maximum atomic E-state index is 5.77. The van der Waals surface area contributed by atoms with Crippen molar-refractivity contribution < 1.29 is 0 Å². The van der Waals surface area contributed by atoms with Crippen LogP contribution in [0.2, 0.25) is 5.15 Å². The fraction of sp³-hybridized carbons (Fsp3) is 0.286. The second-order valence-electron chi connectivity index (χ2n) is 2.16. The first-order chi connectivity index (χ1) is 4.61. The van der Waals surface area contributed by atoms with Gasteiger partial charge in [-0.25, -0.2) is 4.98 Å². The summed E-state index contributed by atoms with van der Waals surface area (Å²) in [6.45, 7) is 3.98. The van der Waals surface area contributed by atoms with E-state index in [1.165, 1.54) is 5.56 Å². The Labute approximate surface area is 78.9 Å². The van der Waals surface area contributed by atoms with Crippen molar-refractivity contribution in [3.8, 4) is 0 Å². The highest BCUT2D eigenvalue weighted by Crippen LogP contribution is 2.18.